The molecule has 140 valence electrons. The highest BCUT2D eigenvalue weighted by Crippen LogP contribution is 2.64. The van der Waals surface area contributed by atoms with Crippen molar-refractivity contribution in [2.75, 3.05) is 25.1 Å². The van der Waals surface area contributed by atoms with Gasteiger partial charge in [-0.25, -0.2) is 0 Å². The molecule has 0 spiro atoms. The fourth-order valence-corrected chi connectivity index (χ4v) is 5.82. The van der Waals surface area contributed by atoms with E-state index in [0.717, 1.165) is 17.0 Å². The third kappa shape index (κ3) is 4.66. The third-order valence-electron chi connectivity index (χ3n) is 4.17. The molecule has 1 aliphatic heterocycles. The molecule has 2 aromatic rings. The summed E-state index contributed by atoms with van der Waals surface area (Å²) in [5, 5.41) is 3.54. The molecule has 1 N–H and O–H groups in total. The summed E-state index contributed by atoms with van der Waals surface area (Å²) in [4.78, 5) is 0. The molecule has 2 aromatic carbocycles. The Morgan fingerprint density at radius 3 is 2.27 bits per heavy atom. The zero-order valence-corrected chi connectivity index (χ0v) is 17.2. The van der Waals surface area contributed by atoms with Gasteiger partial charge in [0.15, 0.2) is 0 Å². The van der Waals surface area contributed by atoms with Crippen LogP contribution in [0.5, 0.6) is 5.75 Å². The first-order valence-electron chi connectivity index (χ1n) is 8.85. The molecule has 0 radical (unpaired) electrons. The Balaban J connectivity index is 1.90. The molecule has 0 saturated carbocycles. The number of hydrogen-bond donors (Lipinski definition) is 1. The van der Waals surface area contributed by atoms with Crippen LogP contribution in [0.25, 0.3) is 0 Å². The average molecular weight is 391 g/mol. The fraction of sp³-hybridized carbons (Fsp3) is 0.400. The molecule has 1 heterocycles. The lowest BCUT2D eigenvalue weighted by Crippen LogP contribution is -2.31. The molecule has 0 amide bonds. The van der Waals surface area contributed by atoms with Gasteiger partial charge < -0.3 is 19.1 Å². The second-order valence-electron chi connectivity index (χ2n) is 7.17. The SMILES string of the molecule is CCOc1ccc(C(Nc2ccccc2)P2(=S)OCC(C)(C)CO2)cc1. The maximum atomic E-state index is 6.16. The molecule has 3 rings (SSSR count). The van der Waals surface area contributed by atoms with Gasteiger partial charge in [0.05, 0.1) is 19.8 Å². The quantitative estimate of drug-likeness (QED) is 0.651. The molecule has 6 heteroatoms. The van der Waals surface area contributed by atoms with Crippen LogP contribution in [0.3, 0.4) is 0 Å². The van der Waals surface area contributed by atoms with E-state index in [2.05, 4.69) is 19.2 Å². The lowest BCUT2D eigenvalue weighted by Gasteiger charge is -2.40. The molecular formula is C20H26NO3PS. The Bertz CT molecular complexity index is 750. The molecule has 1 saturated heterocycles. The van der Waals surface area contributed by atoms with Crippen LogP contribution in [-0.4, -0.2) is 19.8 Å². The molecule has 0 bridgehead atoms. The summed E-state index contributed by atoms with van der Waals surface area (Å²) < 4.78 is 17.9. The first-order chi connectivity index (χ1) is 12.4. The number of nitrogens with one attached hydrogen (secondary N) is 1. The summed E-state index contributed by atoms with van der Waals surface area (Å²) in [5.41, 5.74) is 2.02. The molecule has 1 aliphatic rings. The van der Waals surface area contributed by atoms with Crippen molar-refractivity contribution in [1.82, 2.24) is 0 Å². The molecule has 0 aliphatic carbocycles. The summed E-state index contributed by atoms with van der Waals surface area (Å²) in [6.07, 6.45) is 0. The van der Waals surface area contributed by atoms with Gasteiger partial charge >= 0.3 is 0 Å². The van der Waals surface area contributed by atoms with Crippen LogP contribution in [0.4, 0.5) is 5.69 Å². The molecule has 1 atom stereocenters. The molecular weight excluding hydrogens is 365 g/mol. The van der Waals surface area contributed by atoms with E-state index in [9.17, 15) is 0 Å². The average Bonchev–Trinajstić information content (AvgIpc) is 2.64. The predicted molar refractivity (Wildman–Crippen MR) is 110 cm³/mol. The van der Waals surface area contributed by atoms with E-state index in [0.29, 0.717) is 19.8 Å². The Kier molecular flexibility index (Phi) is 6.03. The molecule has 26 heavy (non-hydrogen) atoms. The highest BCUT2D eigenvalue weighted by atomic mass is 32.5. The Hall–Kier alpha value is -1.39. The minimum absolute atomic E-state index is 0.0154. The van der Waals surface area contributed by atoms with Crippen LogP contribution in [0, 0.1) is 5.41 Å². The van der Waals surface area contributed by atoms with Crippen LogP contribution in [0.15, 0.2) is 54.6 Å². The topological polar surface area (TPSA) is 39.7 Å². The van der Waals surface area contributed by atoms with Gasteiger partial charge in [-0.3, -0.25) is 0 Å². The summed E-state index contributed by atoms with van der Waals surface area (Å²) in [7, 11) is 0. The van der Waals surface area contributed by atoms with Crippen LogP contribution in [0.1, 0.15) is 32.1 Å². The number of rotatable bonds is 6. The van der Waals surface area contributed by atoms with Gasteiger partial charge in [-0.15, -0.1) is 0 Å². The molecule has 4 nitrogen and oxygen atoms in total. The van der Waals surface area contributed by atoms with E-state index in [-0.39, 0.29) is 11.2 Å². The standard InChI is InChI=1S/C20H26NO3PS/c1-4-22-18-12-10-16(11-13-18)19(21-17-8-6-5-7-9-17)25(26)23-14-20(2,3)15-24-25/h5-13,19,21H,4,14-15H2,1-3H3. The van der Waals surface area contributed by atoms with Gasteiger partial charge in [-0.1, -0.05) is 44.2 Å². The van der Waals surface area contributed by atoms with E-state index >= 15 is 0 Å². The largest absolute Gasteiger partial charge is 0.494 e. The van der Waals surface area contributed by atoms with Crippen LogP contribution in [0.2, 0.25) is 0 Å². The summed E-state index contributed by atoms with van der Waals surface area (Å²) in [6, 6.07) is 18.0. The fourth-order valence-electron chi connectivity index (χ4n) is 2.71. The second-order valence-corrected chi connectivity index (χ2v) is 10.8. The van der Waals surface area contributed by atoms with E-state index in [4.69, 9.17) is 25.6 Å². The summed E-state index contributed by atoms with van der Waals surface area (Å²) >= 11 is 5.92. The number of para-hydroxylation sites is 1. The van der Waals surface area contributed by atoms with Gasteiger partial charge in [-0.05, 0) is 48.6 Å². The van der Waals surface area contributed by atoms with Crippen molar-refractivity contribution < 1.29 is 13.8 Å². The van der Waals surface area contributed by atoms with Crippen LogP contribution in [-0.2, 0) is 20.9 Å². The zero-order chi connectivity index (χ0) is 18.6. The lowest BCUT2D eigenvalue weighted by atomic mass is 9.97. The van der Waals surface area contributed by atoms with E-state index in [1.54, 1.807) is 0 Å². The monoisotopic (exact) mass is 391 g/mol. The highest BCUT2D eigenvalue weighted by Gasteiger charge is 2.40. The van der Waals surface area contributed by atoms with E-state index in [1.807, 2.05) is 61.5 Å². The van der Waals surface area contributed by atoms with Crippen molar-refractivity contribution in [1.29, 1.82) is 0 Å². The summed E-state index contributed by atoms with van der Waals surface area (Å²) in [5.74, 6) is 0.629. The number of hydrogen-bond acceptors (Lipinski definition) is 5. The Labute approximate surface area is 161 Å². The molecule has 0 aromatic heterocycles. The number of ether oxygens (including phenoxy) is 1. The van der Waals surface area contributed by atoms with Crippen molar-refractivity contribution in [3.8, 4) is 5.75 Å². The lowest BCUT2D eigenvalue weighted by molar-refractivity contribution is 0.0579. The highest BCUT2D eigenvalue weighted by molar-refractivity contribution is 8.10. The van der Waals surface area contributed by atoms with Crippen molar-refractivity contribution in [3.63, 3.8) is 0 Å². The maximum Gasteiger partial charge on any atom is 0.215 e. The molecule has 1 fully saturated rings. The van der Waals surface area contributed by atoms with Gasteiger partial charge in [0, 0.05) is 11.1 Å². The van der Waals surface area contributed by atoms with Crippen LogP contribution >= 0.6 is 6.49 Å². The van der Waals surface area contributed by atoms with Crippen molar-refractivity contribution in [2.24, 2.45) is 5.41 Å². The van der Waals surface area contributed by atoms with Gasteiger partial charge in [0.25, 0.3) is 0 Å². The first-order valence-corrected chi connectivity index (χ1v) is 11.6. The zero-order valence-electron chi connectivity index (χ0n) is 15.5. The smallest absolute Gasteiger partial charge is 0.215 e. The van der Waals surface area contributed by atoms with Crippen molar-refractivity contribution in [2.45, 2.75) is 26.6 Å². The van der Waals surface area contributed by atoms with E-state index < -0.39 is 6.49 Å². The van der Waals surface area contributed by atoms with Crippen molar-refractivity contribution in [3.05, 3.63) is 60.2 Å². The van der Waals surface area contributed by atoms with Crippen molar-refractivity contribution >= 4 is 24.0 Å². The van der Waals surface area contributed by atoms with Gasteiger partial charge in [-0.2, -0.15) is 0 Å². The minimum Gasteiger partial charge on any atom is -0.494 e. The Morgan fingerprint density at radius 2 is 1.69 bits per heavy atom. The predicted octanol–water partition coefficient (Wildman–Crippen LogP) is 5.58. The maximum absolute atomic E-state index is 6.16. The normalized spacial score (nSPS) is 19.5. The molecule has 1 unspecified atom stereocenters. The van der Waals surface area contributed by atoms with Gasteiger partial charge in [0.1, 0.15) is 11.5 Å². The third-order valence-corrected chi connectivity index (χ3v) is 7.47. The van der Waals surface area contributed by atoms with E-state index in [1.165, 1.54) is 0 Å². The number of benzene rings is 2. The van der Waals surface area contributed by atoms with Gasteiger partial charge in [0.2, 0.25) is 6.49 Å². The Morgan fingerprint density at radius 1 is 1.08 bits per heavy atom. The first kappa shape index (κ1) is 19.4. The second kappa shape index (κ2) is 8.10. The van der Waals surface area contributed by atoms with Crippen LogP contribution < -0.4 is 10.1 Å². The summed E-state index contributed by atoms with van der Waals surface area (Å²) in [6.45, 7) is 5.54. The minimum atomic E-state index is -2.54. The number of anilines is 1.